The summed E-state index contributed by atoms with van der Waals surface area (Å²) in [6.45, 7) is 4.41. The molecule has 0 aliphatic heterocycles. The Morgan fingerprint density at radius 1 is 0.938 bits per heavy atom. The van der Waals surface area contributed by atoms with E-state index in [4.69, 9.17) is 0 Å². The van der Waals surface area contributed by atoms with Crippen molar-refractivity contribution >= 4 is 23.4 Å². The molecule has 6 heteroatoms. The van der Waals surface area contributed by atoms with Gasteiger partial charge in [-0.1, -0.05) is 96.7 Å². The number of carbonyl (C=O) groups excluding carboxylic acids is 1. The Kier molecular flexibility index (Phi) is 7.15. The van der Waals surface area contributed by atoms with Crippen molar-refractivity contribution in [1.29, 1.82) is 0 Å². The van der Waals surface area contributed by atoms with E-state index in [1.54, 1.807) is 6.08 Å². The van der Waals surface area contributed by atoms with Crippen LogP contribution in [0.2, 0.25) is 0 Å². The van der Waals surface area contributed by atoms with Gasteiger partial charge < -0.3 is 5.32 Å². The fourth-order valence-electron chi connectivity index (χ4n) is 3.42. The van der Waals surface area contributed by atoms with E-state index in [-0.39, 0.29) is 11.7 Å². The van der Waals surface area contributed by atoms with Crippen LogP contribution in [-0.4, -0.2) is 26.4 Å². The Morgan fingerprint density at radius 3 is 2.38 bits per heavy atom. The van der Waals surface area contributed by atoms with E-state index in [9.17, 15) is 4.79 Å². The molecule has 1 aromatic heterocycles. The summed E-state index contributed by atoms with van der Waals surface area (Å²) in [4.78, 5) is 12.7. The molecule has 0 bridgehead atoms. The van der Waals surface area contributed by atoms with Gasteiger partial charge in [-0.15, -0.1) is 16.8 Å². The smallest absolute Gasteiger partial charge is 0.234 e. The third-order valence-corrected chi connectivity index (χ3v) is 5.89. The van der Waals surface area contributed by atoms with E-state index in [1.807, 2.05) is 77.4 Å². The number of rotatable bonds is 9. The largest absolute Gasteiger partial charge is 0.325 e. The summed E-state index contributed by atoms with van der Waals surface area (Å²) in [5.41, 5.74) is 4.10. The number of para-hydroxylation sites is 1. The van der Waals surface area contributed by atoms with Gasteiger partial charge in [-0.25, -0.2) is 0 Å². The normalized spacial score (nSPS) is 10.6. The van der Waals surface area contributed by atoms with E-state index >= 15 is 0 Å². The number of amides is 1. The number of nitrogens with one attached hydrogen (secondary N) is 1. The molecule has 160 valence electrons. The second-order valence-electron chi connectivity index (χ2n) is 7.23. The molecule has 0 fully saturated rings. The van der Waals surface area contributed by atoms with E-state index in [1.165, 1.54) is 17.3 Å². The molecule has 4 rings (SSSR count). The maximum atomic E-state index is 12.7. The maximum Gasteiger partial charge on any atom is 0.234 e. The summed E-state index contributed by atoms with van der Waals surface area (Å²) in [5, 5.41) is 12.4. The summed E-state index contributed by atoms with van der Waals surface area (Å²) >= 11 is 1.37. The molecule has 0 saturated heterocycles. The Bertz CT molecular complexity index is 1190. The zero-order valence-corrected chi connectivity index (χ0v) is 18.5. The number of allylic oxidation sites excluding steroid dienone is 1. The molecule has 0 unspecified atom stereocenters. The molecular weight excluding hydrogens is 416 g/mol. The fraction of sp³-hybridized carbons (Fsp3) is 0.115. The van der Waals surface area contributed by atoms with Gasteiger partial charge >= 0.3 is 0 Å². The second kappa shape index (κ2) is 10.6. The molecular formula is C26H24N4OS. The van der Waals surface area contributed by atoms with Gasteiger partial charge in [0.1, 0.15) is 0 Å². The topological polar surface area (TPSA) is 59.8 Å². The van der Waals surface area contributed by atoms with Crippen LogP contribution in [0.3, 0.4) is 0 Å². The second-order valence-corrected chi connectivity index (χ2v) is 8.17. The van der Waals surface area contributed by atoms with Crippen molar-refractivity contribution in [3.63, 3.8) is 0 Å². The minimum atomic E-state index is -0.0788. The summed E-state index contributed by atoms with van der Waals surface area (Å²) in [6.07, 6.45) is 2.57. The van der Waals surface area contributed by atoms with Gasteiger partial charge in [-0.3, -0.25) is 9.36 Å². The zero-order chi connectivity index (χ0) is 22.2. The van der Waals surface area contributed by atoms with Crippen LogP contribution in [0.1, 0.15) is 11.1 Å². The first kappa shape index (κ1) is 21.6. The predicted octanol–water partition coefficient (Wildman–Crippen LogP) is 5.45. The first-order chi connectivity index (χ1) is 15.7. The van der Waals surface area contributed by atoms with Crippen molar-refractivity contribution in [3.05, 3.63) is 109 Å². The molecule has 32 heavy (non-hydrogen) atoms. The van der Waals surface area contributed by atoms with Crippen LogP contribution >= 0.6 is 11.8 Å². The molecule has 0 aliphatic carbocycles. The number of benzene rings is 3. The molecule has 0 radical (unpaired) electrons. The minimum Gasteiger partial charge on any atom is -0.325 e. The van der Waals surface area contributed by atoms with Crippen molar-refractivity contribution in [2.75, 3.05) is 11.1 Å². The predicted molar refractivity (Wildman–Crippen MR) is 131 cm³/mol. The number of aromatic nitrogens is 3. The van der Waals surface area contributed by atoms with Crippen molar-refractivity contribution in [3.8, 4) is 11.4 Å². The number of hydrogen-bond donors (Lipinski definition) is 1. The van der Waals surface area contributed by atoms with Crippen LogP contribution in [0.4, 0.5) is 5.69 Å². The molecule has 3 aromatic carbocycles. The number of hydrogen-bond acceptors (Lipinski definition) is 4. The molecule has 0 spiro atoms. The zero-order valence-electron chi connectivity index (χ0n) is 17.6. The lowest BCUT2D eigenvalue weighted by atomic mass is 10.0. The van der Waals surface area contributed by atoms with E-state index < -0.39 is 0 Å². The molecule has 0 aliphatic rings. The van der Waals surface area contributed by atoms with Crippen molar-refractivity contribution in [1.82, 2.24) is 14.8 Å². The van der Waals surface area contributed by atoms with Crippen LogP contribution in [0, 0.1) is 0 Å². The molecule has 5 nitrogen and oxygen atoms in total. The third kappa shape index (κ3) is 5.34. The summed E-state index contributed by atoms with van der Waals surface area (Å²) < 4.78 is 1.98. The van der Waals surface area contributed by atoms with Gasteiger partial charge in [-0.2, -0.15) is 0 Å². The molecule has 1 N–H and O–H groups in total. The SMILES string of the molecule is C=CCn1c(SCC(=O)Nc2ccccc2Cc2ccccc2)nnc1-c1ccccc1. The monoisotopic (exact) mass is 440 g/mol. The summed E-state index contributed by atoms with van der Waals surface area (Å²) in [5.74, 6) is 0.926. The standard InChI is InChI=1S/C26H24N4OS/c1-2-17-30-25(21-13-7-4-8-14-21)28-29-26(30)32-19-24(31)27-23-16-10-9-15-22(23)18-20-11-5-3-6-12-20/h2-16H,1,17-19H2,(H,27,31). The number of nitrogens with zero attached hydrogens (tertiary/aromatic N) is 3. The van der Waals surface area contributed by atoms with Gasteiger partial charge in [0, 0.05) is 17.8 Å². The summed E-state index contributed by atoms with van der Waals surface area (Å²) in [7, 11) is 0. The quantitative estimate of drug-likeness (QED) is 0.278. The third-order valence-electron chi connectivity index (χ3n) is 4.92. The van der Waals surface area contributed by atoms with Crippen molar-refractivity contribution < 1.29 is 4.79 Å². The minimum absolute atomic E-state index is 0.0788. The number of thioether (sulfide) groups is 1. The van der Waals surface area contributed by atoms with E-state index in [0.29, 0.717) is 11.7 Å². The highest BCUT2D eigenvalue weighted by Gasteiger charge is 2.15. The van der Waals surface area contributed by atoms with Crippen LogP contribution in [0.25, 0.3) is 11.4 Å². The number of carbonyl (C=O) groups is 1. The van der Waals surface area contributed by atoms with Crippen molar-refractivity contribution in [2.24, 2.45) is 0 Å². The van der Waals surface area contributed by atoms with Gasteiger partial charge in [0.2, 0.25) is 5.91 Å². The number of anilines is 1. The van der Waals surface area contributed by atoms with E-state index in [0.717, 1.165) is 29.1 Å². The molecule has 1 heterocycles. The van der Waals surface area contributed by atoms with Crippen LogP contribution in [-0.2, 0) is 17.8 Å². The van der Waals surface area contributed by atoms with Gasteiger partial charge in [-0.05, 0) is 23.6 Å². The summed E-state index contributed by atoms with van der Waals surface area (Å²) in [6, 6.07) is 28.0. The molecule has 0 atom stereocenters. The van der Waals surface area contributed by atoms with Gasteiger partial charge in [0.15, 0.2) is 11.0 Å². The van der Waals surface area contributed by atoms with Gasteiger partial charge in [0.05, 0.1) is 5.75 Å². The maximum absolute atomic E-state index is 12.7. The van der Waals surface area contributed by atoms with Crippen LogP contribution in [0.15, 0.2) is 103 Å². The Balaban J connectivity index is 1.44. The van der Waals surface area contributed by atoms with Gasteiger partial charge in [0.25, 0.3) is 0 Å². The molecule has 0 saturated carbocycles. The van der Waals surface area contributed by atoms with Crippen LogP contribution < -0.4 is 5.32 Å². The average Bonchev–Trinajstić information content (AvgIpc) is 3.23. The first-order valence-electron chi connectivity index (χ1n) is 10.4. The van der Waals surface area contributed by atoms with Crippen LogP contribution in [0.5, 0.6) is 0 Å². The lowest BCUT2D eigenvalue weighted by Crippen LogP contribution is -2.16. The Morgan fingerprint density at radius 2 is 1.62 bits per heavy atom. The average molecular weight is 441 g/mol. The lowest BCUT2D eigenvalue weighted by Gasteiger charge is -2.11. The van der Waals surface area contributed by atoms with Crippen molar-refractivity contribution in [2.45, 2.75) is 18.1 Å². The Hall–Kier alpha value is -3.64. The highest BCUT2D eigenvalue weighted by atomic mass is 32.2. The molecule has 1 amide bonds. The fourth-order valence-corrected chi connectivity index (χ4v) is 4.17. The lowest BCUT2D eigenvalue weighted by molar-refractivity contribution is -0.113. The first-order valence-corrected chi connectivity index (χ1v) is 11.4. The highest BCUT2D eigenvalue weighted by Crippen LogP contribution is 2.25. The van der Waals surface area contributed by atoms with E-state index in [2.05, 4.69) is 34.2 Å². The Labute approximate surface area is 192 Å². The highest BCUT2D eigenvalue weighted by molar-refractivity contribution is 7.99. The molecule has 4 aromatic rings.